The molecular weight excluding hydrogens is 325 g/mol. The summed E-state index contributed by atoms with van der Waals surface area (Å²) in [4.78, 5) is 14.2. The first kappa shape index (κ1) is 16.0. The van der Waals surface area contributed by atoms with Crippen LogP contribution in [-0.2, 0) is 17.7 Å². The van der Waals surface area contributed by atoms with Gasteiger partial charge in [-0.15, -0.1) is 10.2 Å². The third kappa shape index (κ3) is 3.34. The van der Waals surface area contributed by atoms with E-state index >= 15 is 0 Å². The summed E-state index contributed by atoms with van der Waals surface area (Å²) >= 11 is 0. The molecule has 132 valence electrons. The number of ether oxygens (including phenoxy) is 1. The second-order valence-corrected chi connectivity index (χ2v) is 6.34. The molecule has 0 bridgehead atoms. The average molecular weight is 345 g/mol. The Morgan fingerprint density at radius 3 is 2.72 bits per heavy atom. The Bertz CT molecular complexity index is 755. The van der Waals surface area contributed by atoms with Gasteiger partial charge in [-0.1, -0.05) is 0 Å². The fourth-order valence-electron chi connectivity index (χ4n) is 3.29. The Kier molecular flexibility index (Phi) is 4.35. The molecule has 7 nitrogen and oxygen atoms in total. The highest BCUT2D eigenvalue weighted by atomic mass is 19.1. The van der Waals surface area contributed by atoms with E-state index in [2.05, 4.69) is 15.5 Å². The smallest absolute Gasteiger partial charge is 0.317 e. The van der Waals surface area contributed by atoms with E-state index in [0.29, 0.717) is 38.7 Å². The number of fused-ring (bicyclic) bond motifs is 1. The molecule has 0 aliphatic carbocycles. The molecule has 1 fully saturated rings. The van der Waals surface area contributed by atoms with E-state index in [1.54, 1.807) is 17.0 Å². The van der Waals surface area contributed by atoms with E-state index in [-0.39, 0.29) is 17.9 Å². The normalized spacial score (nSPS) is 20.2. The van der Waals surface area contributed by atoms with Gasteiger partial charge in [0.05, 0.1) is 13.2 Å². The lowest BCUT2D eigenvalue weighted by Gasteiger charge is -2.31. The van der Waals surface area contributed by atoms with Crippen molar-refractivity contribution in [3.8, 4) is 11.4 Å². The van der Waals surface area contributed by atoms with Gasteiger partial charge < -0.3 is 19.5 Å². The lowest BCUT2D eigenvalue weighted by Crippen LogP contribution is -2.51. The Hall–Kier alpha value is -2.48. The molecule has 1 atom stereocenters. The number of aromatic nitrogens is 3. The number of rotatable bonds is 2. The minimum absolute atomic E-state index is 0.0260. The van der Waals surface area contributed by atoms with Crippen molar-refractivity contribution in [2.45, 2.75) is 25.4 Å². The van der Waals surface area contributed by atoms with Crippen molar-refractivity contribution in [1.29, 1.82) is 0 Å². The van der Waals surface area contributed by atoms with Gasteiger partial charge in [-0.05, 0) is 30.7 Å². The molecule has 2 aliphatic heterocycles. The summed E-state index contributed by atoms with van der Waals surface area (Å²) in [7, 11) is 0. The fraction of sp³-hybridized carbons (Fsp3) is 0.471. The largest absolute Gasteiger partial charge is 0.378 e. The summed E-state index contributed by atoms with van der Waals surface area (Å²) < 4.78 is 20.4. The van der Waals surface area contributed by atoms with Crippen molar-refractivity contribution >= 4 is 6.03 Å². The second-order valence-electron chi connectivity index (χ2n) is 6.34. The van der Waals surface area contributed by atoms with Gasteiger partial charge in [-0.25, -0.2) is 9.18 Å². The Morgan fingerprint density at radius 2 is 1.96 bits per heavy atom. The third-order valence-electron chi connectivity index (χ3n) is 4.68. The van der Waals surface area contributed by atoms with Gasteiger partial charge in [0.25, 0.3) is 0 Å². The molecule has 1 aromatic carbocycles. The number of hydrogen-bond donors (Lipinski definition) is 1. The number of nitrogens with one attached hydrogen (secondary N) is 1. The predicted molar refractivity (Wildman–Crippen MR) is 88.4 cm³/mol. The van der Waals surface area contributed by atoms with Crippen LogP contribution in [0.2, 0.25) is 0 Å². The number of morpholine rings is 1. The van der Waals surface area contributed by atoms with Crippen LogP contribution in [0.25, 0.3) is 11.4 Å². The maximum Gasteiger partial charge on any atom is 0.317 e. The van der Waals surface area contributed by atoms with Gasteiger partial charge >= 0.3 is 6.03 Å². The van der Waals surface area contributed by atoms with E-state index in [1.165, 1.54) is 12.1 Å². The number of amides is 2. The maximum atomic E-state index is 13.1. The predicted octanol–water partition coefficient (Wildman–Crippen LogP) is 1.44. The van der Waals surface area contributed by atoms with Crippen molar-refractivity contribution in [2.75, 3.05) is 26.3 Å². The fourth-order valence-corrected chi connectivity index (χ4v) is 3.29. The van der Waals surface area contributed by atoms with Crippen LogP contribution in [0.1, 0.15) is 12.2 Å². The minimum atomic E-state index is -0.280. The summed E-state index contributed by atoms with van der Waals surface area (Å²) in [6.07, 6.45) is 1.58. The zero-order chi connectivity index (χ0) is 17.2. The van der Waals surface area contributed by atoms with E-state index in [0.717, 1.165) is 24.2 Å². The average Bonchev–Trinajstić information content (AvgIpc) is 3.06. The molecule has 1 saturated heterocycles. The van der Waals surface area contributed by atoms with Crippen molar-refractivity contribution in [1.82, 2.24) is 25.0 Å². The first-order valence-corrected chi connectivity index (χ1v) is 8.52. The number of benzene rings is 1. The molecule has 0 radical (unpaired) electrons. The van der Waals surface area contributed by atoms with Crippen molar-refractivity contribution in [3.05, 3.63) is 35.9 Å². The Balaban J connectivity index is 1.48. The van der Waals surface area contributed by atoms with Gasteiger partial charge in [0.2, 0.25) is 0 Å². The lowest BCUT2D eigenvalue weighted by molar-refractivity contribution is 0.0521. The second kappa shape index (κ2) is 6.79. The van der Waals surface area contributed by atoms with Crippen LogP contribution in [0.3, 0.4) is 0 Å². The summed E-state index contributed by atoms with van der Waals surface area (Å²) in [5.74, 6) is 1.33. The zero-order valence-corrected chi connectivity index (χ0v) is 13.8. The van der Waals surface area contributed by atoms with Crippen molar-refractivity contribution in [2.24, 2.45) is 0 Å². The highest BCUT2D eigenvalue weighted by molar-refractivity contribution is 5.74. The van der Waals surface area contributed by atoms with Crippen LogP contribution >= 0.6 is 0 Å². The van der Waals surface area contributed by atoms with Crippen LogP contribution in [0.4, 0.5) is 9.18 Å². The van der Waals surface area contributed by atoms with Crippen LogP contribution in [0.5, 0.6) is 0 Å². The van der Waals surface area contributed by atoms with Gasteiger partial charge in [0, 0.05) is 37.7 Å². The molecule has 1 aromatic heterocycles. The molecule has 0 spiro atoms. The van der Waals surface area contributed by atoms with Crippen LogP contribution in [-0.4, -0.2) is 58.0 Å². The van der Waals surface area contributed by atoms with Crippen LogP contribution < -0.4 is 5.32 Å². The lowest BCUT2D eigenvalue weighted by atomic mass is 10.1. The number of carbonyl (C=O) groups is 1. The van der Waals surface area contributed by atoms with Crippen molar-refractivity contribution in [3.63, 3.8) is 0 Å². The standard InChI is InChI=1S/C17H20FN5O2/c18-13-3-1-12(2-4-13)16-21-20-15-6-5-14(11-23(15)16)19-17(24)22-7-9-25-10-8-22/h1-4,14H,5-11H2,(H,19,24)/t14-/m1/s1. The van der Waals surface area contributed by atoms with Crippen molar-refractivity contribution < 1.29 is 13.9 Å². The number of hydrogen-bond acceptors (Lipinski definition) is 4. The SMILES string of the molecule is O=C(N[C@@H]1CCc2nnc(-c3ccc(F)cc3)n2C1)N1CCOCC1. The molecule has 2 amide bonds. The number of halogens is 1. The molecule has 3 heterocycles. The number of urea groups is 1. The summed E-state index contributed by atoms with van der Waals surface area (Å²) in [5.41, 5.74) is 0.820. The highest BCUT2D eigenvalue weighted by Crippen LogP contribution is 2.23. The molecule has 2 aromatic rings. The molecule has 8 heteroatoms. The Morgan fingerprint density at radius 1 is 1.20 bits per heavy atom. The highest BCUT2D eigenvalue weighted by Gasteiger charge is 2.26. The van der Waals surface area contributed by atoms with E-state index in [1.807, 2.05) is 4.57 Å². The molecule has 4 rings (SSSR count). The molecule has 25 heavy (non-hydrogen) atoms. The van der Waals surface area contributed by atoms with E-state index in [9.17, 15) is 9.18 Å². The van der Waals surface area contributed by atoms with E-state index < -0.39 is 0 Å². The van der Waals surface area contributed by atoms with Gasteiger partial charge in [0.15, 0.2) is 5.82 Å². The number of nitrogens with zero attached hydrogens (tertiary/aromatic N) is 4. The molecule has 1 N–H and O–H groups in total. The van der Waals surface area contributed by atoms with E-state index in [4.69, 9.17) is 4.74 Å². The summed E-state index contributed by atoms with van der Waals surface area (Å²) in [6.45, 7) is 3.03. The quantitative estimate of drug-likeness (QED) is 0.894. The van der Waals surface area contributed by atoms with Crippen LogP contribution in [0, 0.1) is 5.82 Å². The third-order valence-corrected chi connectivity index (χ3v) is 4.68. The van der Waals surface area contributed by atoms with Gasteiger partial charge in [-0.3, -0.25) is 0 Å². The first-order chi connectivity index (χ1) is 12.2. The maximum absolute atomic E-state index is 13.1. The molecule has 0 unspecified atom stereocenters. The van der Waals surface area contributed by atoms with Gasteiger partial charge in [0.1, 0.15) is 11.6 Å². The van der Waals surface area contributed by atoms with Gasteiger partial charge in [-0.2, -0.15) is 0 Å². The topological polar surface area (TPSA) is 72.3 Å². The molecule has 2 aliphatic rings. The number of carbonyl (C=O) groups excluding carboxylic acids is 1. The molecule has 0 saturated carbocycles. The summed E-state index contributed by atoms with van der Waals surface area (Å²) in [6, 6.07) is 6.20. The number of aryl methyl sites for hydroxylation is 1. The zero-order valence-electron chi connectivity index (χ0n) is 13.8. The molecular formula is C17H20FN5O2. The monoisotopic (exact) mass is 345 g/mol. The minimum Gasteiger partial charge on any atom is -0.378 e. The Labute approximate surface area is 144 Å². The first-order valence-electron chi connectivity index (χ1n) is 8.52. The van der Waals surface area contributed by atoms with Crippen LogP contribution in [0.15, 0.2) is 24.3 Å². The summed E-state index contributed by atoms with van der Waals surface area (Å²) in [5, 5.41) is 11.6.